The Kier molecular flexibility index (Phi) is 9.99. The summed E-state index contributed by atoms with van der Waals surface area (Å²) < 4.78 is 15.9. The number of rotatable bonds is 7. The van der Waals surface area contributed by atoms with Gasteiger partial charge in [-0.1, -0.05) is 55.8 Å². The molecule has 4 rings (SSSR count). The molecule has 0 radical (unpaired) electrons. The van der Waals surface area contributed by atoms with Crippen LogP contribution in [0.2, 0.25) is 0 Å². The minimum atomic E-state index is -4.40. The quantitative estimate of drug-likeness (QED) is 0.234. The van der Waals surface area contributed by atoms with Crippen LogP contribution in [0, 0.1) is 0 Å². The summed E-state index contributed by atoms with van der Waals surface area (Å²) in [5.74, 6) is -1.05. The lowest BCUT2D eigenvalue weighted by molar-refractivity contribution is -0.695. The van der Waals surface area contributed by atoms with E-state index in [9.17, 15) is 14.4 Å². The van der Waals surface area contributed by atoms with Crippen LogP contribution >= 0.6 is 7.60 Å². The maximum Gasteiger partial charge on any atom is 0.398 e. The van der Waals surface area contributed by atoms with E-state index in [2.05, 4.69) is 35.8 Å². The van der Waals surface area contributed by atoms with Crippen molar-refractivity contribution in [3.05, 3.63) is 115 Å². The number of pyridine rings is 2. The predicted octanol–water partition coefficient (Wildman–Crippen LogP) is -1.40. The molecule has 0 bridgehead atoms. The largest absolute Gasteiger partial charge is 1.00 e. The zero-order chi connectivity index (χ0) is 22.6. The fourth-order valence-corrected chi connectivity index (χ4v) is 4.97. The van der Waals surface area contributed by atoms with Crippen molar-refractivity contribution in [3.8, 4) is 16.8 Å². The van der Waals surface area contributed by atoms with E-state index in [4.69, 9.17) is 0 Å². The summed E-state index contributed by atoms with van der Waals surface area (Å²) in [6, 6.07) is 25.3. The van der Waals surface area contributed by atoms with Crippen LogP contribution in [-0.4, -0.2) is 9.79 Å². The average molecular weight is 517 g/mol. The monoisotopic (exact) mass is 516 g/mol. The van der Waals surface area contributed by atoms with Crippen LogP contribution in [0.3, 0.4) is 0 Å². The molecule has 2 N–H and O–H groups in total. The second kappa shape index (κ2) is 12.3. The Hall–Kier alpha value is -2.53. The van der Waals surface area contributed by atoms with E-state index in [1.165, 1.54) is 5.56 Å². The second-order valence-electron chi connectivity index (χ2n) is 7.82. The van der Waals surface area contributed by atoms with Gasteiger partial charge in [-0.2, -0.15) is 9.13 Å². The Labute approximate surface area is 212 Å². The van der Waals surface area contributed by atoms with E-state index in [1.54, 1.807) is 41.2 Å². The summed E-state index contributed by atoms with van der Waals surface area (Å²) in [5.41, 5.74) is 5.04. The number of nitrogens with zero attached hydrogens (tertiary/aromatic N) is 2. The molecule has 34 heavy (non-hydrogen) atoms. The molecule has 0 saturated heterocycles. The Balaban J connectivity index is 0.00000204. The Morgan fingerprint density at radius 1 is 0.794 bits per heavy atom. The van der Waals surface area contributed by atoms with Crippen molar-refractivity contribution in [2.24, 2.45) is 0 Å². The van der Waals surface area contributed by atoms with Crippen LogP contribution in [0.25, 0.3) is 16.8 Å². The minimum absolute atomic E-state index is 0. The van der Waals surface area contributed by atoms with E-state index in [-0.39, 0.29) is 24.8 Å². The third-order valence-electron chi connectivity index (χ3n) is 5.46. The first-order valence-corrected chi connectivity index (χ1v) is 12.4. The first kappa shape index (κ1) is 27.7. The molecule has 1 atom stereocenters. The summed E-state index contributed by atoms with van der Waals surface area (Å²) >= 11 is 0. The number of benzene rings is 2. The topological polar surface area (TPSA) is 65.3 Å². The molecule has 0 amide bonds. The zero-order valence-electron chi connectivity index (χ0n) is 18.7. The smallest absolute Gasteiger partial charge is 0.398 e. The molecule has 0 aliphatic heterocycles. The molecule has 8 heteroatoms. The van der Waals surface area contributed by atoms with Gasteiger partial charge in [-0.15, -0.1) is 0 Å². The van der Waals surface area contributed by atoms with Gasteiger partial charge in [-0.05, 0) is 23.1 Å². The Morgan fingerprint density at radius 2 is 1.38 bits per heavy atom. The summed E-state index contributed by atoms with van der Waals surface area (Å²) in [4.78, 5) is 19.9. The molecule has 5 nitrogen and oxygen atoms in total. The molecule has 1 unspecified atom stereocenters. The number of aromatic nitrogens is 2. The molecule has 2 aromatic heterocycles. The van der Waals surface area contributed by atoms with Gasteiger partial charge in [0.2, 0.25) is 5.69 Å². The highest BCUT2D eigenvalue weighted by atomic mass is 35.5. The van der Waals surface area contributed by atoms with Crippen molar-refractivity contribution >= 4 is 7.60 Å². The fraction of sp³-hybridized carbons (Fsp3) is 0.154. The summed E-state index contributed by atoms with van der Waals surface area (Å²) in [5, 5.41) is 0. The normalized spacial score (nSPS) is 11.7. The predicted molar refractivity (Wildman–Crippen MR) is 124 cm³/mol. The van der Waals surface area contributed by atoms with E-state index in [0.29, 0.717) is 5.56 Å². The summed E-state index contributed by atoms with van der Waals surface area (Å²) in [6.07, 6.45) is 9.69. The van der Waals surface area contributed by atoms with Crippen molar-refractivity contribution in [2.45, 2.75) is 25.5 Å². The molecule has 0 aliphatic carbocycles. The number of halogens is 2. The highest BCUT2D eigenvalue weighted by Gasteiger charge is 2.38. The third kappa shape index (κ3) is 6.53. The SMILES string of the molecule is CCCc1cccc(-[n+]2ccc(-c3cc[n+](C(c4ccccc4)P(=O)(O)O)cc3)cc2)c1.[Cl-].[Cl-]. The first-order valence-electron chi connectivity index (χ1n) is 10.7. The van der Waals surface area contributed by atoms with Crippen molar-refractivity contribution in [3.63, 3.8) is 0 Å². The zero-order valence-corrected chi connectivity index (χ0v) is 21.1. The van der Waals surface area contributed by atoms with Gasteiger partial charge in [0.25, 0.3) is 5.78 Å². The van der Waals surface area contributed by atoms with Gasteiger partial charge in [0.1, 0.15) is 0 Å². The standard InChI is InChI=1S/C26H25N2O3P.2ClH/c1-2-7-21-8-6-11-25(20-21)27-16-12-22(13-17-27)23-14-18-28(19-15-23)26(32(29,30)31)24-9-4-3-5-10-24;;/h3-6,8-20,26H,2,7H2,1H3;2*1H. The lowest BCUT2D eigenvalue weighted by atomic mass is 10.1. The van der Waals surface area contributed by atoms with Crippen LogP contribution in [0.1, 0.15) is 30.3 Å². The maximum atomic E-state index is 12.2. The molecule has 0 aliphatic rings. The van der Waals surface area contributed by atoms with Crippen LogP contribution in [-0.2, 0) is 11.0 Å². The van der Waals surface area contributed by atoms with E-state index in [1.807, 2.05) is 42.7 Å². The highest BCUT2D eigenvalue weighted by Crippen LogP contribution is 2.49. The van der Waals surface area contributed by atoms with E-state index >= 15 is 0 Å². The minimum Gasteiger partial charge on any atom is -1.00 e. The molecule has 0 fully saturated rings. The van der Waals surface area contributed by atoms with Crippen molar-refractivity contribution in [2.75, 3.05) is 0 Å². The summed E-state index contributed by atoms with van der Waals surface area (Å²) in [6.45, 7) is 2.18. The Bertz CT molecular complexity index is 1230. The Morgan fingerprint density at radius 3 is 1.94 bits per heavy atom. The molecule has 2 aromatic carbocycles. The van der Waals surface area contributed by atoms with Crippen molar-refractivity contribution in [1.82, 2.24) is 0 Å². The van der Waals surface area contributed by atoms with E-state index in [0.717, 1.165) is 29.7 Å². The van der Waals surface area contributed by atoms with Gasteiger partial charge in [-0.3, -0.25) is 4.57 Å². The number of hydrogen-bond donors (Lipinski definition) is 2. The van der Waals surface area contributed by atoms with Crippen molar-refractivity contribution < 1.29 is 48.3 Å². The fourth-order valence-electron chi connectivity index (χ4n) is 3.91. The van der Waals surface area contributed by atoms with Gasteiger partial charge >= 0.3 is 7.60 Å². The molecule has 0 spiro atoms. The highest BCUT2D eigenvalue weighted by molar-refractivity contribution is 7.51. The molecule has 4 aromatic rings. The summed E-state index contributed by atoms with van der Waals surface area (Å²) in [7, 11) is -4.40. The lowest BCUT2D eigenvalue weighted by Crippen LogP contribution is -3.00. The maximum absolute atomic E-state index is 12.2. The van der Waals surface area contributed by atoms with Crippen LogP contribution in [0.15, 0.2) is 104 Å². The first-order chi connectivity index (χ1) is 15.5. The van der Waals surface area contributed by atoms with Gasteiger partial charge in [0.15, 0.2) is 24.8 Å². The van der Waals surface area contributed by atoms with Gasteiger partial charge in [0.05, 0.1) is 0 Å². The molecule has 2 heterocycles. The van der Waals surface area contributed by atoms with E-state index < -0.39 is 13.4 Å². The molecular weight excluding hydrogens is 490 g/mol. The molecular formula is C26H27Cl2N2O3P. The van der Waals surface area contributed by atoms with Crippen molar-refractivity contribution in [1.29, 1.82) is 0 Å². The van der Waals surface area contributed by atoms with Crippen LogP contribution in [0.4, 0.5) is 0 Å². The van der Waals surface area contributed by atoms with Gasteiger partial charge in [0, 0.05) is 42.0 Å². The van der Waals surface area contributed by atoms with Crippen LogP contribution in [0.5, 0.6) is 0 Å². The number of aryl methyl sites for hydroxylation is 1. The lowest BCUT2D eigenvalue weighted by Gasteiger charge is -2.14. The average Bonchev–Trinajstić information content (AvgIpc) is 2.80. The van der Waals surface area contributed by atoms with Crippen LogP contribution < -0.4 is 33.9 Å². The van der Waals surface area contributed by atoms with Gasteiger partial charge in [-0.25, -0.2) is 0 Å². The second-order valence-corrected chi connectivity index (χ2v) is 9.49. The number of hydrogen-bond acceptors (Lipinski definition) is 1. The third-order valence-corrected chi connectivity index (χ3v) is 6.66. The molecule has 178 valence electrons. The van der Waals surface area contributed by atoms with Gasteiger partial charge < -0.3 is 34.6 Å². The molecule has 0 saturated carbocycles.